The molecule has 1 aromatic carbocycles. The van der Waals surface area contributed by atoms with Crippen LogP contribution >= 0.6 is 11.6 Å². The van der Waals surface area contributed by atoms with E-state index in [9.17, 15) is 0 Å². The molecular formula is C15H23ClN2. The Morgan fingerprint density at radius 2 is 2.00 bits per heavy atom. The number of likely N-dealkylation sites (tertiary alicyclic amines) is 1. The molecule has 0 spiro atoms. The molecule has 0 aromatic heterocycles. The summed E-state index contributed by atoms with van der Waals surface area (Å²) in [6, 6.07) is 5.76. The number of benzene rings is 1. The molecule has 18 heavy (non-hydrogen) atoms. The Morgan fingerprint density at radius 3 is 2.56 bits per heavy atom. The van der Waals surface area contributed by atoms with Gasteiger partial charge in [-0.25, -0.2) is 0 Å². The summed E-state index contributed by atoms with van der Waals surface area (Å²) in [4.78, 5) is 2.47. The van der Waals surface area contributed by atoms with Gasteiger partial charge in [-0.15, -0.1) is 0 Å². The number of nitrogen functional groups attached to an aromatic ring is 1. The number of anilines is 1. The van der Waals surface area contributed by atoms with Crippen molar-refractivity contribution in [2.24, 2.45) is 5.41 Å². The molecule has 0 unspecified atom stereocenters. The molecule has 1 aliphatic heterocycles. The van der Waals surface area contributed by atoms with Gasteiger partial charge in [-0.1, -0.05) is 37.9 Å². The summed E-state index contributed by atoms with van der Waals surface area (Å²) in [5.41, 5.74) is 8.43. The van der Waals surface area contributed by atoms with Crippen molar-refractivity contribution in [3.8, 4) is 0 Å². The number of piperidine rings is 1. The summed E-state index contributed by atoms with van der Waals surface area (Å²) < 4.78 is 0. The average Bonchev–Trinajstić information content (AvgIpc) is 2.36. The maximum absolute atomic E-state index is 6.23. The summed E-state index contributed by atoms with van der Waals surface area (Å²) in [5.74, 6) is 0. The van der Waals surface area contributed by atoms with Crippen LogP contribution in [0.5, 0.6) is 0 Å². The highest BCUT2D eigenvalue weighted by Crippen LogP contribution is 2.35. The Hall–Kier alpha value is -0.730. The first-order chi connectivity index (χ1) is 8.54. The van der Waals surface area contributed by atoms with Crippen LogP contribution in [0.3, 0.4) is 0 Å². The van der Waals surface area contributed by atoms with E-state index in [0.717, 1.165) is 35.9 Å². The molecule has 3 heteroatoms. The van der Waals surface area contributed by atoms with E-state index in [1.165, 1.54) is 19.3 Å². The largest absolute Gasteiger partial charge is 0.398 e. The molecule has 0 aliphatic carbocycles. The number of nitrogens with two attached hydrogens (primary N) is 1. The van der Waals surface area contributed by atoms with Gasteiger partial charge in [0, 0.05) is 22.8 Å². The molecule has 0 saturated carbocycles. The number of nitrogens with zero attached hydrogens (tertiary/aromatic N) is 1. The van der Waals surface area contributed by atoms with Gasteiger partial charge in [-0.2, -0.15) is 0 Å². The van der Waals surface area contributed by atoms with Crippen molar-refractivity contribution in [2.45, 2.75) is 39.7 Å². The van der Waals surface area contributed by atoms with Crippen LogP contribution in [0, 0.1) is 5.41 Å². The van der Waals surface area contributed by atoms with Gasteiger partial charge in [0.05, 0.1) is 0 Å². The van der Waals surface area contributed by atoms with E-state index in [0.29, 0.717) is 5.41 Å². The highest BCUT2D eigenvalue weighted by Gasteiger charge is 2.28. The molecule has 0 amide bonds. The van der Waals surface area contributed by atoms with Gasteiger partial charge in [-0.05, 0) is 43.5 Å². The number of hydrogen-bond acceptors (Lipinski definition) is 2. The van der Waals surface area contributed by atoms with E-state index >= 15 is 0 Å². The van der Waals surface area contributed by atoms with Crippen molar-refractivity contribution in [1.82, 2.24) is 4.90 Å². The molecule has 0 bridgehead atoms. The van der Waals surface area contributed by atoms with Gasteiger partial charge in [0.25, 0.3) is 0 Å². The minimum atomic E-state index is 0.530. The summed E-state index contributed by atoms with van der Waals surface area (Å²) in [7, 11) is 0. The summed E-state index contributed by atoms with van der Waals surface area (Å²) in [6.45, 7) is 7.87. The first kappa shape index (κ1) is 13.7. The van der Waals surface area contributed by atoms with Gasteiger partial charge >= 0.3 is 0 Å². The van der Waals surface area contributed by atoms with Gasteiger partial charge < -0.3 is 5.73 Å². The highest BCUT2D eigenvalue weighted by molar-refractivity contribution is 6.31. The van der Waals surface area contributed by atoms with Gasteiger partial charge in [-0.3, -0.25) is 4.90 Å². The average molecular weight is 267 g/mol. The standard InChI is InChI=1S/C15H23ClN2/c1-3-15(2)7-9-18(10-8-15)11-12-13(16)5-4-6-14(12)17/h4-6H,3,7-11,17H2,1-2H3. The van der Waals surface area contributed by atoms with Crippen molar-refractivity contribution in [3.05, 3.63) is 28.8 Å². The van der Waals surface area contributed by atoms with Crippen LogP contribution in [0.25, 0.3) is 0 Å². The second-order valence-electron chi connectivity index (χ2n) is 5.75. The van der Waals surface area contributed by atoms with E-state index in [1.54, 1.807) is 0 Å². The first-order valence-corrected chi connectivity index (χ1v) is 7.17. The zero-order valence-corrected chi connectivity index (χ0v) is 12.1. The lowest BCUT2D eigenvalue weighted by molar-refractivity contribution is 0.110. The van der Waals surface area contributed by atoms with E-state index in [-0.39, 0.29) is 0 Å². The topological polar surface area (TPSA) is 29.3 Å². The predicted molar refractivity (Wildman–Crippen MR) is 78.8 cm³/mol. The van der Waals surface area contributed by atoms with Crippen molar-refractivity contribution < 1.29 is 0 Å². The Kier molecular flexibility index (Phi) is 4.18. The second kappa shape index (κ2) is 5.50. The molecule has 2 nitrogen and oxygen atoms in total. The van der Waals surface area contributed by atoms with Gasteiger partial charge in [0.2, 0.25) is 0 Å². The highest BCUT2D eigenvalue weighted by atomic mass is 35.5. The molecule has 1 heterocycles. The lowest BCUT2D eigenvalue weighted by Crippen LogP contribution is -2.38. The lowest BCUT2D eigenvalue weighted by atomic mass is 9.78. The minimum absolute atomic E-state index is 0.530. The molecule has 0 atom stereocenters. The van der Waals surface area contributed by atoms with Crippen LogP contribution in [0.1, 0.15) is 38.7 Å². The third-order valence-electron chi connectivity index (χ3n) is 4.45. The fourth-order valence-corrected chi connectivity index (χ4v) is 2.81. The van der Waals surface area contributed by atoms with Crippen LogP contribution < -0.4 is 5.73 Å². The molecule has 0 radical (unpaired) electrons. The minimum Gasteiger partial charge on any atom is -0.398 e. The van der Waals surface area contributed by atoms with E-state index < -0.39 is 0 Å². The van der Waals surface area contributed by atoms with Crippen LogP contribution in [0.15, 0.2) is 18.2 Å². The number of hydrogen-bond donors (Lipinski definition) is 1. The fraction of sp³-hybridized carbons (Fsp3) is 0.600. The number of halogens is 1. The van der Waals surface area contributed by atoms with Crippen molar-refractivity contribution in [1.29, 1.82) is 0 Å². The van der Waals surface area contributed by atoms with Crippen LogP contribution in [-0.4, -0.2) is 18.0 Å². The Labute approximate surface area is 115 Å². The second-order valence-corrected chi connectivity index (χ2v) is 6.16. The quantitative estimate of drug-likeness (QED) is 0.840. The normalized spacial score (nSPS) is 19.9. The van der Waals surface area contributed by atoms with Crippen LogP contribution in [0.4, 0.5) is 5.69 Å². The molecule has 1 saturated heterocycles. The summed E-state index contributed by atoms with van der Waals surface area (Å²) in [5, 5.41) is 0.791. The van der Waals surface area contributed by atoms with Gasteiger partial charge in [0.15, 0.2) is 0 Å². The lowest BCUT2D eigenvalue weighted by Gasteiger charge is -2.39. The van der Waals surface area contributed by atoms with E-state index in [4.69, 9.17) is 17.3 Å². The molecule has 1 fully saturated rings. The van der Waals surface area contributed by atoms with Crippen LogP contribution in [0.2, 0.25) is 5.02 Å². The number of rotatable bonds is 3. The summed E-state index contributed by atoms with van der Waals surface area (Å²) in [6.07, 6.45) is 3.82. The molecule has 2 N–H and O–H groups in total. The van der Waals surface area contributed by atoms with Gasteiger partial charge in [0.1, 0.15) is 0 Å². The predicted octanol–water partition coefficient (Wildman–Crippen LogP) is 3.93. The zero-order chi connectivity index (χ0) is 13.2. The molecule has 100 valence electrons. The molecule has 1 aromatic rings. The fourth-order valence-electron chi connectivity index (χ4n) is 2.57. The SMILES string of the molecule is CCC1(C)CCN(Cc2c(N)cccc2Cl)CC1. The molecular weight excluding hydrogens is 244 g/mol. The molecule has 1 aliphatic rings. The Morgan fingerprint density at radius 1 is 1.33 bits per heavy atom. The van der Waals surface area contributed by atoms with Crippen molar-refractivity contribution in [3.63, 3.8) is 0 Å². The monoisotopic (exact) mass is 266 g/mol. The van der Waals surface area contributed by atoms with Crippen LogP contribution in [-0.2, 0) is 6.54 Å². The van der Waals surface area contributed by atoms with E-state index in [1.807, 2.05) is 18.2 Å². The molecule has 2 rings (SSSR count). The maximum Gasteiger partial charge on any atom is 0.0471 e. The third-order valence-corrected chi connectivity index (χ3v) is 4.81. The zero-order valence-electron chi connectivity index (χ0n) is 11.4. The Balaban J connectivity index is 2.00. The van der Waals surface area contributed by atoms with E-state index in [2.05, 4.69) is 18.7 Å². The van der Waals surface area contributed by atoms with Crippen molar-refractivity contribution >= 4 is 17.3 Å². The Bertz CT molecular complexity index is 389. The smallest absolute Gasteiger partial charge is 0.0471 e. The third kappa shape index (κ3) is 2.99. The first-order valence-electron chi connectivity index (χ1n) is 6.79. The maximum atomic E-state index is 6.23. The van der Waals surface area contributed by atoms with Crippen molar-refractivity contribution in [2.75, 3.05) is 18.8 Å². The summed E-state index contributed by atoms with van der Waals surface area (Å²) >= 11 is 6.23.